The monoisotopic (exact) mass is 303 g/mol. The molecular formula is C17H26BNO3. The standard InChI is InChI=1S/C15H24BNO3.C2H2/c1-11-8-7-9-12(18-6)13(11)17-10-16-19-14(2,3)15(4,5)20-16;1-2/h7-9,17H,10H2,1-6H3;1-2H. The molecule has 1 heterocycles. The summed E-state index contributed by atoms with van der Waals surface area (Å²) < 4.78 is 17.3. The Morgan fingerprint density at radius 2 is 1.68 bits per heavy atom. The number of hydrogen-bond donors (Lipinski definition) is 1. The third-order valence-corrected chi connectivity index (χ3v) is 4.20. The summed E-state index contributed by atoms with van der Waals surface area (Å²) in [6.07, 6.45) is 8.59. The summed E-state index contributed by atoms with van der Waals surface area (Å²) >= 11 is 0. The van der Waals surface area contributed by atoms with Crippen molar-refractivity contribution in [2.24, 2.45) is 0 Å². The molecule has 1 saturated heterocycles. The molecule has 120 valence electrons. The van der Waals surface area contributed by atoms with Crippen molar-refractivity contribution >= 4 is 12.8 Å². The number of terminal acetylenes is 1. The minimum Gasteiger partial charge on any atom is -0.495 e. The highest BCUT2D eigenvalue weighted by atomic mass is 16.7. The molecule has 5 heteroatoms. The van der Waals surface area contributed by atoms with E-state index >= 15 is 0 Å². The van der Waals surface area contributed by atoms with Gasteiger partial charge in [-0.1, -0.05) is 12.1 Å². The van der Waals surface area contributed by atoms with Crippen molar-refractivity contribution in [2.45, 2.75) is 45.8 Å². The highest BCUT2D eigenvalue weighted by molar-refractivity contribution is 6.46. The SMILES string of the molecule is C#C.COc1cccc(C)c1NCB1OC(C)(C)C(C)(C)O1. The lowest BCUT2D eigenvalue weighted by atomic mass is 9.90. The van der Waals surface area contributed by atoms with E-state index in [1.54, 1.807) is 7.11 Å². The van der Waals surface area contributed by atoms with Crippen LogP contribution in [0.1, 0.15) is 33.3 Å². The van der Waals surface area contributed by atoms with Crippen molar-refractivity contribution in [3.8, 4) is 18.6 Å². The molecule has 1 aromatic carbocycles. The molecule has 1 aliphatic heterocycles. The first kappa shape index (κ1) is 18.4. The quantitative estimate of drug-likeness (QED) is 0.684. The second-order valence-corrected chi connectivity index (χ2v) is 6.22. The minimum atomic E-state index is -0.296. The maximum Gasteiger partial charge on any atom is 0.478 e. The topological polar surface area (TPSA) is 39.7 Å². The summed E-state index contributed by atoms with van der Waals surface area (Å²) in [7, 11) is 1.42. The Hall–Kier alpha value is -1.64. The van der Waals surface area contributed by atoms with Gasteiger partial charge in [0.2, 0.25) is 0 Å². The first-order valence-electron chi connectivity index (χ1n) is 7.33. The van der Waals surface area contributed by atoms with Gasteiger partial charge in [0, 0.05) is 0 Å². The molecule has 1 N–H and O–H groups in total. The van der Waals surface area contributed by atoms with Crippen molar-refractivity contribution in [2.75, 3.05) is 18.9 Å². The zero-order chi connectivity index (χ0) is 17.0. The predicted octanol–water partition coefficient (Wildman–Crippen LogP) is 3.30. The Kier molecular flexibility index (Phi) is 5.93. The van der Waals surface area contributed by atoms with E-state index in [0.717, 1.165) is 17.0 Å². The Labute approximate surface area is 134 Å². The van der Waals surface area contributed by atoms with Gasteiger partial charge in [0.25, 0.3) is 0 Å². The minimum absolute atomic E-state index is 0.260. The van der Waals surface area contributed by atoms with Gasteiger partial charge in [0.15, 0.2) is 0 Å². The molecule has 1 fully saturated rings. The number of aryl methyl sites for hydroxylation is 1. The summed E-state index contributed by atoms with van der Waals surface area (Å²) in [6, 6.07) is 5.97. The molecule has 0 amide bonds. The van der Waals surface area contributed by atoms with Crippen LogP contribution in [0.15, 0.2) is 18.2 Å². The molecule has 0 aromatic heterocycles. The van der Waals surface area contributed by atoms with E-state index in [-0.39, 0.29) is 18.3 Å². The van der Waals surface area contributed by atoms with E-state index < -0.39 is 0 Å². The van der Waals surface area contributed by atoms with Crippen LogP contribution in [0.4, 0.5) is 5.69 Å². The Morgan fingerprint density at radius 1 is 1.14 bits per heavy atom. The smallest absolute Gasteiger partial charge is 0.478 e. The van der Waals surface area contributed by atoms with E-state index in [0.29, 0.717) is 6.44 Å². The van der Waals surface area contributed by atoms with Crippen LogP contribution in [0, 0.1) is 19.8 Å². The summed E-state index contributed by atoms with van der Waals surface area (Å²) in [5.74, 6) is 0.835. The molecular weight excluding hydrogens is 277 g/mol. The number of benzene rings is 1. The zero-order valence-electron chi connectivity index (χ0n) is 14.4. The van der Waals surface area contributed by atoms with Crippen LogP contribution >= 0.6 is 0 Å². The second-order valence-electron chi connectivity index (χ2n) is 6.22. The van der Waals surface area contributed by atoms with Gasteiger partial charge in [-0.05, 0) is 46.2 Å². The average molecular weight is 303 g/mol. The van der Waals surface area contributed by atoms with Gasteiger partial charge in [-0.25, -0.2) is 0 Å². The van der Waals surface area contributed by atoms with Crippen LogP contribution in [0.2, 0.25) is 0 Å². The number of hydrogen-bond acceptors (Lipinski definition) is 4. The van der Waals surface area contributed by atoms with Gasteiger partial charge in [-0.15, -0.1) is 12.8 Å². The predicted molar refractivity (Wildman–Crippen MR) is 92.2 cm³/mol. The molecule has 0 saturated carbocycles. The van der Waals surface area contributed by atoms with Crippen molar-refractivity contribution < 1.29 is 14.0 Å². The molecule has 0 radical (unpaired) electrons. The summed E-state index contributed by atoms with van der Waals surface area (Å²) in [5, 5.41) is 3.37. The number of anilines is 1. The van der Waals surface area contributed by atoms with Gasteiger partial charge in [0.05, 0.1) is 30.4 Å². The van der Waals surface area contributed by atoms with Crippen molar-refractivity contribution in [3.63, 3.8) is 0 Å². The van der Waals surface area contributed by atoms with E-state index in [4.69, 9.17) is 14.0 Å². The van der Waals surface area contributed by atoms with Crippen molar-refractivity contribution in [1.29, 1.82) is 0 Å². The van der Waals surface area contributed by atoms with Crippen LogP contribution in [0.3, 0.4) is 0 Å². The number of nitrogens with one attached hydrogen (secondary N) is 1. The molecule has 22 heavy (non-hydrogen) atoms. The van der Waals surface area contributed by atoms with Crippen molar-refractivity contribution in [1.82, 2.24) is 0 Å². The summed E-state index contributed by atoms with van der Waals surface area (Å²) in [6.45, 7) is 10.3. The van der Waals surface area contributed by atoms with E-state index in [1.165, 1.54) is 0 Å². The normalized spacial score (nSPS) is 18.3. The largest absolute Gasteiger partial charge is 0.495 e. The molecule has 0 bridgehead atoms. The van der Waals surface area contributed by atoms with E-state index in [9.17, 15) is 0 Å². The Bertz CT molecular complexity index is 510. The summed E-state index contributed by atoms with van der Waals surface area (Å²) in [5.41, 5.74) is 1.54. The van der Waals surface area contributed by atoms with Crippen LogP contribution in [0.25, 0.3) is 0 Å². The number of rotatable bonds is 4. The van der Waals surface area contributed by atoms with Crippen LogP contribution in [0.5, 0.6) is 5.75 Å². The molecule has 0 aliphatic carbocycles. The van der Waals surface area contributed by atoms with Gasteiger partial charge >= 0.3 is 7.12 Å². The fourth-order valence-electron chi connectivity index (χ4n) is 2.27. The van der Waals surface area contributed by atoms with E-state index in [1.807, 2.05) is 12.1 Å². The third-order valence-electron chi connectivity index (χ3n) is 4.20. The third kappa shape index (κ3) is 3.76. The maximum atomic E-state index is 5.97. The Balaban J connectivity index is 0.00000116. The molecule has 4 nitrogen and oxygen atoms in total. The molecule has 0 unspecified atom stereocenters. The van der Waals surface area contributed by atoms with Gasteiger partial charge in [-0.2, -0.15) is 0 Å². The lowest BCUT2D eigenvalue weighted by Gasteiger charge is -2.32. The van der Waals surface area contributed by atoms with Gasteiger partial charge in [0.1, 0.15) is 5.75 Å². The Morgan fingerprint density at radius 3 is 2.18 bits per heavy atom. The lowest BCUT2D eigenvalue weighted by Crippen LogP contribution is -2.41. The van der Waals surface area contributed by atoms with Gasteiger partial charge < -0.3 is 19.4 Å². The fraction of sp³-hybridized carbons (Fsp3) is 0.529. The van der Waals surface area contributed by atoms with Crippen LogP contribution < -0.4 is 10.1 Å². The molecule has 0 spiro atoms. The van der Waals surface area contributed by atoms with E-state index in [2.05, 4.69) is 58.8 Å². The molecule has 0 atom stereocenters. The molecule has 1 aliphatic rings. The number of methoxy groups -OCH3 is 1. The average Bonchev–Trinajstić information content (AvgIpc) is 2.67. The number of para-hydroxylation sites is 1. The molecule has 1 aromatic rings. The zero-order valence-corrected chi connectivity index (χ0v) is 14.4. The second kappa shape index (κ2) is 7.08. The highest BCUT2D eigenvalue weighted by Gasteiger charge is 2.50. The first-order valence-corrected chi connectivity index (χ1v) is 7.33. The van der Waals surface area contributed by atoms with Crippen LogP contribution in [-0.4, -0.2) is 31.9 Å². The fourth-order valence-corrected chi connectivity index (χ4v) is 2.27. The maximum absolute atomic E-state index is 5.97. The number of ether oxygens (including phenoxy) is 1. The summed E-state index contributed by atoms with van der Waals surface area (Å²) in [4.78, 5) is 0. The highest BCUT2D eigenvalue weighted by Crippen LogP contribution is 2.37. The van der Waals surface area contributed by atoms with Crippen molar-refractivity contribution in [3.05, 3.63) is 23.8 Å². The lowest BCUT2D eigenvalue weighted by molar-refractivity contribution is 0.00578. The van der Waals surface area contributed by atoms with Crippen LogP contribution in [-0.2, 0) is 9.31 Å². The molecule has 2 rings (SSSR count). The first-order chi connectivity index (χ1) is 10.3. The van der Waals surface area contributed by atoms with Gasteiger partial charge in [-0.3, -0.25) is 0 Å².